The molecule has 2 fully saturated rings. The van der Waals surface area contributed by atoms with E-state index in [4.69, 9.17) is 16.3 Å². The Labute approximate surface area is 164 Å². The molecule has 1 amide bonds. The van der Waals surface area contributed by atoms with E-state index in [-0.39, 0.29) is 23.9 Å². The third-order valence-electron chi connectivity index (χ3n) is 4.79. The van der Waals surface area contributed by atoms with Crippen molar-refractivity contribution in [1.29, 1.82) is 0 Å². The van der Waals surface area contributed by atoms with Gasteiger partial charge in [-0.05, 0) is 55.9 Å². The van der Waals surface area contributed by atoms with Gasteiger partial charge in [0, 0.05) is 18.1 Å². The summed E-state index contributed by atoms with van der Waals surface area (Å²) < 4.78 is 31.9. The highest BCUT2D eigenvalue weighted by atomic mass is 35.5. The summed E-state index contributed by atoms with van der Waals surface area (Å²) in [5, 5.41) is 3.02. The molecule has 1 unspecified atom stereocenters. The number of ether oxygens (including phenoxy) is 1. The number of carbonyl (C=O) groups is 2. The molecule has 2 aliphatic rings. The first-order valence-corrected chi connectivity index (χ1v) is 10.9. The van der Waals surface area contributed by atoms with Gasteiger partial charge >= 0.3 is 5.97 Å². The Bertz CT molecular complexity index is 792. The van der Waals surface area contributed by atoms with Crippen LogP contribution in [0.2, 0.25) is 5.02 Å². The van der Waals surface area contributed by atoms with Gasteiger partial charge < -0.3 is 10.1 Å². The molecule has 1 heterocycles. The lowest BCUT2D eigenvalue weighted by Gasteiger charge is -2.31. The molecule has 27 heavy (non-hydrogen) atoms. The Hall–Kier alpha value is -1.64. The SMILES string of the molecule is O=C(CNC(=O)C1CCCN(S(=O)(=O)c2ccc(Cl)cc2)C1)OCC1CC1. The van der Waals surface area contributed by atoms with Crippen LogP contribution in [0.25, 0.3) is 0 Å². The van der Waals surface area contributed by atoms with Crippen LogP contribution in [0.15, 0.2) is 29.2 Å². The van der Waals surface area contributed by atoms with E-state index in [0.717, 1.165) is 12.8 Å². The summed E-state index contributed by atoms with van der Waals surface area (Å²) in [7, 11) is -3.68. The molecule has 1 atom stereocenters. The van der Waals surface area contributed by atoms with E-state index in [9.17, 15) is 18.0 Å². The summed E-state index contributed by atoms with van der Waals surface area (Å²) in [4.78, 5) is 24.1. The standard InChI is InChI=1S/C18H23ClN2O5S/c19-15-5-7-16(8-6-15)27(24,25)21-9-1-2-14(11-21)18(23)20-10-17(22)26-12-13-3-4-13/h5-8,13-14H,1-4,9-12H2,(H,20,23). The Morgan fingerprint density at radius 1 is 1.19 bits per heavy atom. The summed E-state index contributed by atoms with van der Waals surface area (Å²) >= 11 is 5.82. The lowest BCUT2D eigenvalue weighted by Crippen LogP contribution is -2.46. The molecule has 148 valence electrons. The van der Waals surface area contributed by atoms with Crippen LogP contribution in [0.1, 0.15) is 25.7 Å². The van der Waals surface area contributed by atoms with Crippen LogP contribution in [-0.2, 0) is 24.3 Å². The van der Waals surface area contributed by atoms with Crippen molar-refractivity contribution < 1.29 is 22.7 Å². The zero-order valence-corrected chi connectivity index (χ0v) is 16.5. The van der Waals surface area contributed by atoms with Crippen molar-refractivity contribution in [2.24, 2.45) is 11.8 Å². The average molecular weight is 415 g/mol. The molecule has 0 spiro atoms. The predicted molar refractivity (Wildman–Crippen MR) is 99.6 cm³/mol. The fourth-order valence-electron chi connectivity index (χ4n) is 2.98. The van der Waals surface area contributed by atoms with Crippen LogP contribution in [0.3, 0.4) is 0 Å². The van der Waals surface area contributed by atoms with Crippen molar-refractivity contribution in [3.63, 3.8) is 0 Å². The minimum absolute atomic E-state index is 0.0912. The molecule has 3 rings (SSSR count). The molecule has 1 saturated carbocycles. The Balaban J connectivity index is 1.53. The second-order valence-electron chi connectivity index (χ2n) is 7.00. The van der Waals surface area contributed by atoms with Gasteiger partial charge in [-0.2, -0.15) is 4.31 Å². The molecule has 0 radical (unpaired) electrons. The average Bonchev–Trinajstić information content (AvgIpc) is 3.49. The number of carbonyl (C=O) groups excluding carboxylic acids is 2. The topological polar surface area (TPSA) is 92.8 Å². The molecule has 0 bridgehead atoms. The van der Waals surface area contributed by atoms with Crippen molar-refractivity contribution in [2.75, 3.05) is 26.2 Å². The number of nitrogens with one attached hydrogen (secondary N) is 1. The van der Waals surface area contributed by atoms with Gasteiger partial charge in [0.25, 0.3) is 0 Å². The molecule has 1 aromatic rings. The van der Waals surface area contributed by atoms with Crippen molar-refractivity contribution in [3.05, 3.63) is 29.3 Å². The first-order valence-electron chi connectivity index (χ1n) is 9.05. The lowest BCUT2D eigenvalue weighted by atomic mass is 9.99. The van der Waals surface area contributed by atoms with Crippen LogP contribution in [0, 0.1) is 11.8 Å². The number of hydrogen-bond donors (Lipinski definition) is 1. The number of benzene rings is 1. The zero-order valence-electron chi connectivity index (χ0n) is 14.9. The minimum atomic E-state index is -3.68. The van der Waals surface area contributed by atoms with Crippen molar-refractivity contribution >= 4 is 33.5 Å². The van der Waals surface area contributed by atoms with Crippen LogP contribution >= 0.6 is 11.6 Å². The van der Waals surface area contributed by atoms with Crippen LogP contribution in [-0.4, -0.2) is 50.8 Å². The van der Waals surface area contributed by atoms with E-state index >= 15 is 0 Å². The smallest absolute Gasteiger partial charge is 0.325 e. The van der Waals surface area contributed by atoms with Gasteiger partial charge in [0.1, 0.15) is 6.54 Å². The maximum atomic E-state index is 12.8. The Morgan fingerprint density at radius 2 is 1.89 bits per heavy atom. The Kier molecular flexibility index (Phi) is 6.39. The first kappa shape index (κ1) is 20.1. The third kappa shape index (κ3) is 5.43. The number of amides is 1. The second kappa shape index (κ2) is 8.58. The molecule has 1 saturated heterocycles. The van der Waals surface area contributed by atoms with E-state index in [2.05, 4.69) is 5.32 Å². The van der Waals surface area contributed by atoms with Gasteiger partial charge in [0.15, 0.2) is 0 Å². The van der Waals surface area contributed by atoms with Gasteiger partial charge in [0.2, 0.25) is 15.9 Å². The monoisotopic (exact) mass is 414 g/mol. The number of halogens is 1. The highest BCUT2D eigenvalue weighted by molar-refractivity contribution is 7.89. The van der Waals surface area contributed by atoms with Gasteiger partial charge in [-0.1, -0.05) is 11.6 Å². The van der Waals surface area contributed by atoms with Crippen molar-refractivity contribution in [1.82, 2.24) is 9.62 Å². The third-order valence-corrected chi connectivity index (χ3v) is 6.92. The molecule has 9 heteroatoms. The molecule has 1 aliphatic heterocycles. The van der Waals surface area contributed by atoms with E-state index in [1.807, 2.05) is 0 Å². The summed E-state index contributed by atoms with van der Waals surface area (Å²) in [6.45, 7) is 0.670. The number of esters is 1. The fraction of sp³-hybridized carbons (Fsp3) is 0.556. The van der Waals surface area contributed by atoms with Crippen LogP contribution in [0.4, 0.5) is 0 Å². The molecule has 0 aromatic heterocycles. The normalized spacial score (nSPS) is 20.9. The maximum absolute atomic E-state index is 12.8. The van der Waals surface area contributed by atoms with Crippen molar-refractivity contribution in [3.8, 4) is 0 Å². The van der Waals surface area contributed by atoms with Gasteiger partial charge in [-0.25, -0.2) is 8.42 Å². The quantitative estimate of drug-likeness (QED) is 0.687. The van der Waals surface area contributed by atoms with Crippen LogP contribution in [0.5, 0.6) is 0 Å². The number of rotatable bonds is 7. The van der Waals surface area contributed by atoms with E-state index in [0.29, 0.717) is 36.9 Å². The van der Waals surface area contributed by atoms with Gasteiger partial charge in [-0.15, -0.1) is 0 Å². The predicted octanol–water partition coefficient (Wildman–Crippen LogP) is 1.81. The second-order valence-corrected chi connectivity index (χ2v) is 9.37. The summed E-state index contributed by atoms with van der Waals surface area (Å²) in [6, 6.07) is 5.96. The summed E-state index contributed by atoms with van der Waals surface area (Å²) in [5.74, 6) is -0.808. The molecule has 1 N–H and O–H groups in total. The summed E-state index contributed by atoms with van der Waals surface area (Å²) in [5.41, 5.74) is 0. The van der Waals surface area contributed by atoms with E-state index in [1.165, 1.54) is 28.6 Å². The minimum Gasteiger partial charge on any atom is -0.464 e. The number of hydrogen-bond acceptors (Lipinski definition) is 5. The van der Waals surface area contributed by atoms with Crippen molar-refractivity contribution in [2.45, 2.75) is 30.6 Å². The lowest BCUT2D eigenvalue weighted by molar-refractivity contribution is -0.144. The fourth-order valence-corrected chi connectivity index (χ4v) is 4.63. The molecular weight excluding hydrogens is 392 g/mol. The molecular formula is C18H23ClN2O5S. The van der Waals surface area contributed by atoms with E-state index < -0.39 is 21.9 Å². The molecule has 7 nitrogen and oxygen atoms in total. The largest absolute Gasteiger partial charge is 0.464 e. The summed E-state index contributed by atoms with van der Waals surface area (Å²) in [6.07, 6.45) is 3.33. The van der Waals surface area contributed by atoms with Gasteiger partial charge in [-0.3, -0.25) is 9.59 Å². The zero-order chi connectivity index (χ0) is 19.4. The highest BCUT2D eigenvalue weighted by Gasteiger charge is 2.33. The maximum Gasteiger partial charge on any atom is 0.325 e. The van der Waals surface area contributed by atoms with Crippen LogP contribution < -0.4 is 5.32 Å². The Morgan fingerprint density at radius 3 is 2.56 bits per heavy atom. The number of sulfonamides is 1. The molecule has 1 aliphatic carbocycles. The number of nitrogens with zero attached hydrogens (tertiary/aromatic N) is 1. The first-order chi connectivity index (χ1) is 12.9. The number of piperidine rings is 1. The molecule has 1 aromatic carbocycles. The van der Waals surface area contributed by atoms with Gasteiger partial charge in [0.05, 0.1) is 17.4 Å². The van der Waals surface area contributed by atoms with E-state index in [1.54, 1.807) is 0 Å². The highest BCUT2D eigenvalue weighted by Crippen LogP contribution is 2.28.